The molecule has 0 aliphatic heterocycles. The van der Waals surface area contributed by atoms with Crippen LogP contribution in [-0.4, -0.2) is 41.4 Å². The fourth-order valence-electron chi connectivity index (χ4n) is 4.23. The van der Waals surface area contributed by atoms with Gasteiger partial charge in [-0.2, -0.15) is 0 Å². The summed E-state index contributed by atoms with van der Waals surface area (Å²) in [6.45, 7) is 1.30. The van der Waals surface area contributed by atoms with Crippen molar-refractivity contribution in [1.82, 2.24) is 9.97 Å². The van der Waals surface area contributed by atoms with Gasteiger partial charge in [0.1, 0.15) is 23.6 Å². The van der Waals surface area contributed by atoms with Crippen molar-refractivity contribution in [2.24, 2.45) is 0 Å². The molecule has 0 radical (unpaired) electrons. The molecule has 0 amide bonds. The highest BCUT2D eigenvalue weighted by Gasteiger charge is 2.40. The number of rotatable bonds is 6. The van der Waals surface area contributed by atoms with Crippen molar-refractivity contribution in [3.63, 3.8) is 0 Å². The number of pyridine rings is 1. The Hall–Kier alpha value is -3.47. The second-order valence-electron chi connectivity index (χ2n) is 7.65. The number of nitrogens with zero attached hydrogens (tertiary/aromatic N) is 3. The van der Waals surface area contributed by atoms with E-state index in [0.29, 0.717) is 30.3 Å². The van der Waals surface area contributed by atoms with Crippen LogP contribution in [0.3, 0.4) is 0 Å². The Morgan fingerprint density at radius 1 is 1.25 bits per heavy atom. The van der Waals surface area contributed by atoms with E-state index in [1.165, 1.54) is 19.1 Å². The average molecular weight is 458 g/mol. The van der Waals surface area contributed by atoms with Crippen LogP contribution in [0.4, 0.5) is 11.4 Å². The summed E-state index contributed by atoms with van der Waals surface area (Å²) in [5.74, 6) is -0.448. The molecule has 2 unspecified atom stereocenters. The molecule has 32 heavy (non-hydrogen) atoms. The van der Waals surface area contributed by atoms with Gasteiger partial charge in [0, 0.05) is 25.6 Å². The SMILES string of the molecule is CC(=O)OC1CCCC(N(c2c([N+](=O)[O-])cnc3[nH]ccc23)S(=O)(=O)c2ccccc2)C1. The van der Waals surface area contributed by atoms with Crippen molar-refractivity contribution >= 4 is 38.4 Å². The van der Waals surface area contributed by atoms with Gasteiger partial charge in [0.05, 0.1) is 15.2 Å². The number of nitro groups is 1. The molecule has 2 heterocycles. The fourth-order valence-corrected chi connectivity index (χ4v) is 5.97. The minimum Gasteiger partial charge on any atom is -0.462 e. The summed E-state index contributed by atoms with van der Waals surface area (Å²) in [6, 6.07) is 8.73. The van der Waals surface area contributed by atoms with Crippen LogP contribution in [0.5, 0.6) is 0 Å². The molecule has 1 aliphatic rings. The predicted octanol–water partition coefficient (Wildman–Crippen LogP) is 3.54. The molecule has 4 rings (SSSR count). The van der Waals surface area contributed by atoms with E-state index in [4.69, 9.17) is 4.74 Å². The maximum absolute atomic E-state index is 13.9. The maximum Gasteiger partial charge on any atom is 0.312 e. The molecule has 168 valence electrons. The van der Waals surface area contributed by atoms with Crippen molar-refractivity contribution in [2.45, 2.75) is 49.6 Å². The van der Waals surface area contributed by atoms with Crippen LogP contribution in [0.1, 0.15) is 32.6 Å². The molecule has 3 aromatic rings. The van der Waals surface area contributed by atoms with Crippen LogP contribution >= 0.6 is 0 Å². The van der Waals surface area contributed by atoms with Gasteiger partial charge in [-0.25, -0.2) is 13.4 Å². The quantitative estimate of drug-likeness (QED) is 0.339. The van der Waals surface area contributed by atoms with E-state index in [-0.39, 0.29) is 17.0 Å². The highest BCUT2D eigenvalue weighted by Crippen LogP contribution is 2.42. The molecular weight excluding hydrogens is 436 g/mol. The number of hydrogen-bond donors (Lipinski definition) is 1. The first-order valence-corrected chi connectivity index (χ1v) is 11.6. The number of carbonyl (C=O) groups excluding carboxylic acids is 1. The van der Waals surface area contributed by atoms with Gasteiger partial charge in [0.2, 0.25) is 0 Å². The molecule has 0 spiro atoms. The summed E-state index contributed by atoms with van der Waals surface area (Å²) in [7, 11) is -4.18. The molecule has 0 saturated heterocycles. The Balaban J connectivity index is 1.93. The molecule has 1 aliphatic carbocycles. The van der Waals surface area contributed by atoms with Gasteiger partial charge in [-0.1, -0.05) is 18.2 Å². The number of ether oxygens (including phenoxy) is 1. The lowest BCUT2D eigenvalue weighted by Crippen LogP contribution is -2.45. The molecule has 2 aromatic heterocycles. The van der Waals surface area contributed by atoms with E-state index in [0.717, 1.165) is 10.5 Å². The molecule has 1 N–H and O–H groups in total. The van der Waals surface area contributed by atoms with Gasteiger partial charge >= 0.3 is 11.7 Å². The molecule has 1 fully saturated rings. The Morgan fingerprint density at radius 3 is 2.69 bits per heavy atom. The van der Waals surface area contributed by atoms with E-state index in [1.54, 1.807) is 30.5 Å². The van der Waals surface area contributed by atoms with Crippen molar-refractivity contribution < 1.29 is 22.9 Å². The maximum atomic E-state index is 13.9. The second-order valence-corrected chi connectivity index (χ2v) is 9.47. The van der Waals surface area contributed by atoms with Crippen LogP contribution in [0.2, 0.25) is 0 Å². The zero-order valence-corrected chi connectivity index (χ0v) is 18.1. The zero-order valence-electron chi connectivity index (χ0n) is 17.3. The van der Waals surface area contributed by atoms with Gasteiger partial charge < -0.3 is 9.72 Å². The van der Waals surface area contributed by atoms with Gasteiger partial charge in [-0.3, -0.25) is 19.2 Å². The van der Waals surface area contributed by atoms with Crippen molar-refractivity contribution in [2.75, 3.05) is 4.31 Å². The van der Waals surface area contributed by atoms with Gasteiger partial charge in [0.15, 0.2) is 0 Å². The number of carbonyl (C=O) groups is 1. The Morgan fingerprint density at radius 2 is 2.00 bits per heavy atom. The largest absolute Gasteiger partial charge is 0.462 e. The van der Waals surface area contributed by atoms with E-state index in [1.807, 2.05) is 0 Å². The molecular formula is C21H22N4O6S. The lowest BCUT2D eigenvalue weighted by atomic mass is 9.92. The molecule has 1 aromatic carbocycles. The van der Waals surface area contributed by atoms with E-state index in [9.17, 15) is 23.3 Å². The first-order chi connectivity index (χ1) is 15.3. The number of benzene rings is 1. The van der Waals surface area contributed by atoms with Crippen LogP contribution < -0.4 is 4.31 Å². The van der Waals surface area contributed by atoms with E-state index in [2.05, 4.69) is 9.97 Å². The minimum atomic E-state index is -4.18. The molecule has 10 nitrogen and oxygen atoms in total. The summed E-state index contributed by atoms with van der Waals surface area (Å²) < 4.78 is 34.2. The van der Waals surface area contributed by atoms with Crippen LogP contribution in [-0.2, 0) is 19.6 Å². The third-order valence-corrected chi connectivity index (χ3v) is 7.39. The third-order valence-electron chi connectivity index (χ3n) is 5.52. The summed E-state index contributed by atoms with van der Waals surface area (Å²) in [5, 5.41) is 12.2. The van der Waals surface area contributed by atoms with E-state index < -0.39 is 38.7 Å². The molecule has 1 saturated carbocycles. The van der Waals surface area contributed by atoms with Crippen LogP contribution in [0.25, 0.3) is 11.0 Å². The van der Waals surface area contributed by atoms with Crippen molar-refractivity contribution in [1.29, 1.82) is 0 Å². The Bertz CT molecular complexity index is 1260. The van der Waals surface area contributed by atoms with Crippen molar-refractivity contribution in [3.8, 4) is 0 Å². The zero-order chi connectivity index (χ0) is 22.9. The normalized spacial score (nSPS) is 18.9. The standard InChI is InChI=1S/C21H22N4O6S/c1-14(26)31-16-7-5-6-15(12-16)24(32(29,30)17-8-3-2-4-9-17)20-18-10-11-22-21(18)23-13-19(20)25(27)28/h2-4,8-11,13,15-16H,5-7,12H2,1H3,(H,22,23). The number of esters is 1. The number of sulfonamides is 1. The third kappa shape index (κ3) is 4.03. The number of anilines is 1. The van der Waals surface area contributed by atoms with Crippen molar-refractivity contribution in [3.05, 3.63) is 58.9 Å². The fraction of sp³-hybridized carbons (Fsp3) is 0.333. The number of fused-ring (bicyclic) bond motifs is 1. The number of H-pyrrole nitrogens is 1. The summed E-state index contributed by atoms with van der Waals surface area (Å²) in [6.07, 6.45) is 4.06. The molecule has 0 bridgehead atoms. The number of nitrogens with one attached hydrogen (secondary N) is 1. The van der Waals surface area contributed by atoms with Gasteiger partial charge in [0.25, 0.3) is 10.0 Å². The number of aromatic nitrogens is 2. The molecule has 2 atom stereocenters. The van der Waals surface area contributed by atoms with Crippen LogP contribution in [0, 0.1) is 10.1 Å². The first kappa shape index (κ1) is 21.8. The Kier molecular flexibility index (Phi) is 5.83. The van der Waals surface area contributed by atoms with Gasteiger partial charge in [-0.05, 0) is 37.5 Å². The minimum absolute atomic E-state index is 0.0180. The smallest absolute Gasteiger partial charge is 0.312 e. The lowest BCUT2D eigenvalue weighted by Gasteiger charge is -2.37. The number of aromatic amines is 1. The van der Waals surface area contributed by atoms with Crippen LogP contribution in [0.15, 0.2) is 53.7 Å². The first-order valence-electron chi connectivity index (χ1n) is 10.2. The summed E-state index contributed by atoms with van der Waals surface area (Å²) >= 11 is 0. The topological polar surface area (TPSA) is 135 Å². The second kappa shape index (κ2) is 8.58. The van der Waals surface area contributed by atoms with Gasteiger partial charge in [-0.15, -0.1) is 0 Å². The van der Waals surface area contributed by atoms with E-state index >= 15 is 0 Å². The number of hydrogen-bond acceptors (Lipinski definition) is 7. The monoisotopic (exact) mass is 458 g/mol. The lowest BCUT2D eigenvalue weighted by molar-refractivity contribution is -0.384. The predicted molar refractivity (Wildman–Crippen MR) is 117 cm³/mol. The summed E-state index contributed by atoms with van der Waals surface area (Å²) in [4.78, 5) is 29.8. The average Bonchev–Trinajstić information content (AvgIpc) is 3.23. The summed E-state index contributed by atoms with van der Waals surface area (Å²) in [5.41, 5.74) is -0.115. The highest BCUT2D eigenvalue weighted by atomic mass is 32.2. The Labute approximate surface area is 184 Å². The highest BCUT2D eigenvalue weighted by molar-refractivity contribution is 7.93. The molecule has 11 heteroatoms.